The number of carbonyl (C=O) groups excluding carboxylic acids is 5. The summed E-state index contributed by atoms with van der Waals surface area (Å²) in [5.74, 6) is -5.30. The summed E-state index contributed by atoms with van der Waals surface area (Å²) in [5.41, 5.74) is -2.33. The Kier molecular flexibility index (Phi) is 7.87. The minimum atomic E-state index is -1.69. The van der Waals surface area contributed by atoms with Gasteiger partial charge in [0.1, 0.15) is 18.3 Å². The zero-order valence-corrected chi connectivity index (χ0v) is 24.1. The molecular weight excluding hydrogens is 548 g/mol. The molecule has 11 nitrogen and oxygen atoms in total. The van der Waals surface area contributed by atoms with Gasteiger partial charge < -0.3 is 28.4 Å². The molecule has 4 aliphatic rings. The molecule has 0 amide bonds. The molecule has 0 aromatic carbocycles. The number of esters is 5. The molecule has 0 aromatic heterocycles. The van der Waals surface area contributed by atoms with Crippen molar-refractivity contribution in [2.24, 2.45) is 17.3 Å². The van der Waals surface area contributed by atoms with Crippen LogP contribution in [0.15, 0.2) is 24.3 Å². The minimum Gasteiger partial charge on any atom is -0.462 e. The topological polar surface area (TPSA) is 141 Å². The Morgan fingerprint density at radius 1 is 0.925 bits per heavy atom. The van der Waals surface area contributed by atoms with Crippen LogP contribution in [0.1, 0.15) is 54.4 Å². The molecule has 12 heteroatoms. The van der Waals surface area contributed by atoms with Crippen LogP contribution in [0.25, 0.3) is 0 Å². The van der Waals surface area contributed by atoms with Crippen molar-refractivity contribution in [2.45, 2.75) is 102 Å². The lowest BCUT2D eigenvalue weighted by molar-refractivity contribution is -0.294. The van der Waals surface area contributed by atoms with E-state index in [2.05, 4.69) is 13.2 Å². The third-order valence-electron chi connectivity index (χ3n) is 8.72. The maximum atomic E-state index is 13.1. The first kappa shape index (κ1) is 30.0. The molecule has 3 heterocycles. The zero-order chi connectivity index (χ0) is 29.9. The number of fused-ring (bicyclic) bond motifs is 2. The van der Waals surface area contributed by atoms with Crippen LogP contribution in [0.3, 0.4) is 0 Å². The molecular formula is C28H35ClO11. The zero-order valence-electron chi connectivity index (χ0n) is 23.4. The first-order chi connectivity index (χ1) is 18.6. The summed E-state index contributed by atoms with van der Waals surface area (Å²) in [6.45, 7) is 16.4. The number of hydrogen-bond donors (Lipinski definition) is 0. The first-order valence-electron chi connectivity index (χ1n) is 13.1. The van der Waals surface area contributed by atoms with Crippen molar-refractivity contribution in [1.82, 2.24) is 0 Å². The standard InChI is InChI=1S/C28H35ClO11/c1-11-9-10-18(35-14(4)30)27(8)19(11)23(37-16(6)32)28-13(3)26(34)39-24(28)20(29)12(2)21(40-28)22(36-15(5)31)25(27)38-17(7)33/h13,18-25H,1-2,9-10H2,3-8H3/t13-,18-,19+,20-,21+,22+,23+,24-,25+,27-,28+/m0/s1. The lowest BCUT2D eigenvalue weighted by Crippen LogP contribution is -2.75. The highest BCUT2D eigenvalue weighted by molar-refractivity contribution is 6.23. The number of rotatable bonds is 4. The number of carbonyl (C=O) groups is 5. The van der Waals surface area contributed by atoms with E-state index in [0.717, 1.165) is 0 Å². The van der Waals surface area contributed by atoms with Crippen molar-refractivity contribution >= 4 is 41.4 Å². The monoisotopic (exact) mass is 582 g/mol. The van der Waals surface area contributed by atoms with Crippen LogP contribution in [0.2, 0.25) is 0 Å². The number of halogens is 1. The Morgan fingerprint density at radius 2 is 1.48 bits per heavy atom. The summed E-state index contributed by atoms with van der Waals surface area (Å²) >= 11 is 6.89. The molecule has 0 aromatic rings. The van der Waals surface area contributed by atoms with Crippen molar-refractivity contribution in [3.05, 3.63) is 24.3 Å². The predicted octanol–water partition coefficient (Wildman–Crippen LogP) is 2.56. The summed E-state index contributed by atoms with van der Waals surface area (Å²) in [6.07, 6.45) is -6.58. The van der Waals surface area contributed by atoms with E-state index in [4.69, 9.17) is 40.0 Å². The minimum absolute atomic E-state index is 0.204. The van der Waals surface area contributed by atoms with Gasteiger partial charge in [-0.3, -0.25) is 24.0 Å². The van der Waals surface area contributed by atoms with E-state index in [-0.39, 0.29) is 12.0 Å². The molecule has 0 unspecified atom stereocenters. The molecule has 4 fully saturated rings. The summed E-state index contributed by atoms with van der Waals surface area (Å²) < 4.78 is 36.0. The van der Waals surface area contributed by atoms with E-state index in [1.165, 1.54) is 27.7 Å². The van der Waals surface area contributed by atoms with Crippen LogP contribution in [0.5, 0.6) is 0 Å². The largest absolute Gasteiger partial charge is 0.462 e. The SMILES string of the molecule is C=C1CC[C@H](OC(C)=O)[C@]2(C)[C@H](OC(C)=O)[C@H](OC(C)=O)[C@@H]3O[C@@]4([C@H](OC(C)=O)[C@@H]12)[C@@H](C)C(=O)O[C@H]4[C@@H](Cl)C3=C. The van der Waals surface area contributed by atoms with Gasteiger partial charge in [0.05, 0.1) is 16.7 Å². The van der Waals surface area contributed by atoms with Crippen LogP contribution in [0.4, 0.5) is 0 Å². The van der Waals surface area contributed by atoms with E-state index in [9.17, 15) is 24.0 Å². The van der Waals surface area contributed by atoms with Crippen molar-refractivity contribution in [3.63, 3.8) is 0 Å². The van der Waals surface area contributed by atoms with E-state index in [1.54, 1.807) is 13.8 Å². The Bertz CT molecular complexity index is 1160. The van der Waals surface area contributed by atoms with Crippen LogP contribution in [0, 0.1) is 17.3 Å². The lowest BCUT2D eigenvalue weighted by Gasteiger charge is -2.61. The Labute approximate surface area is 237 Å². The lowest BCUT2D eigenvalue weighted by atomic mass is 9.53. The van der Waals surface area contributed by atoms with Crippen molar-refractivity contribution < 1.29 is 52.4 Å². The van der Waals surface area contributed by atoms with Gasteiger partial charge >= 0.3 is 29.8 Å². The molecule has 40 heavy (non-hydrogen) atoms. The fourth-order valence-electron chi connectivity index (χ4n) is 7.12. The second-order valence-electron chi connectivity index (χ2n) is 11.2. The number of hydrogen-bond acceptors (Lipinski definition) is 11. The van der Waals surface area contributed by atoms with E-state index in [1.807, 2.05) is 0 Å². The van der Waals surface area contributed by atoms with Gasteiger partial charge in [-0.25, -0.2) is 0 Å². The average Bonchev–Trinajstić information content (AvgIpc) is 3.09. The fourth-order valence-corrected chi connectivity index (χ4v) is 7.49. The Balaban J connectivity index is 2.11. The quantitative estimate of drug-likeness (QED) is 0.209. The maximum Gasteiger partial charge on any atom is 0.312 e. The van der Waals surface area contributed by atoms with Crippen LogP contribution >= 0.6 is 11.6 Å². The molecule has 1 saturated carbocycles. The van der Waals surface area contributed by atoms with Crippen LogP contribution < -0.4 is 0 Å². The molecule has 220 valence electrons. The van der Waals surface area contributed by atoms with Gasteiger partial charge in [0.25, 0.3) is 0 Å². The molecule has 1 aliphatic carbocycles. The van der Waals surface area contributed by atoms with Crippen LogP contribution in [-0.2, 0) is 52.4 Å². The highest BCUT2D eigenvalue weighted by Gasteiger charge is 2.75. The fraction of sp³-hybridized carbons (Fsp3) is 0.679. The van der Waals surface area contributed by atoms with Gasteiger partial charge in [0, 0.05) is 33.6 Å². The summed E-state index contributed by atoms with van der Waals surface area (Å²) in [5, 5.41) is -1.05. The molecule has 1 spiro atoms. The van der Waals surface area contributed by atoms with Crippen molar-refractivity contribution in [3.8, 4) is 0 Å². The average molecular weight is 583 g/mol. The molecule has 2 bridgehead atoms. The van der Waals surface area contributed by atoms with Gasteiger partial charge in [0.2, 0.25) is 0 Å². The van der Waals surface area contributed by atoms with Gasteiger partial charge in [-0.2, -0.15) is 0 Å². The summed E-state index contributed by atoms with van der Waals surface area (Å²) in [4.78, 5) is 63.2. The van der Waals surface area contributed by atoms with Gasteiger partial charge in [0.15, 0.2) is 23.9 Å². The smallest absolute Gasteiger partial charge is 0.312 e. The van der Waals surface area contributed by atoms with Gasteiger partial charge in [-0.15, -0.1) is 11.6 Å². The van der Waals surface area contributed by atoms with E-state index in [0.29, 0.717) is 12.0 Å². The molecule has 0 radical (unpaired) electrons. The molecule has 3 aliphatic heterocycles. The van der Waals surface area contributed by atoms with Crippen molar-refractivity contribution in [1.29, 1.82) is 0 Å². The second kappa shape index (κ2) is 10.5. The summed E-state index contributed by atoms with van der Waals surface area (Å²) in [6, 6.07) is 0. The maximum absolute atomic E-state index is 13.1. The summed E-state index contributed by atoms with van der Waals surface area (Å²) in [7, 11) is 0. The molecule has 0 N–H and O–H groups in total. The van der Waals surface area contributed by atoms with Crippen molar-refractivity contribution in [2.75, 3.05) is 0 Å². The normalized spacial score (nSPS) is 42.3. The third kappa shape index (κ3) is 4.51. The number of alkyl halides is 1. The first-order valence-corrected chi connectivity index (χ1v) is 13.6. The number of ether oxygens (including phenoxy) is 6. The second-order valence-corrected chi connectivity index (χ2v) is 11.7. The van der Waals surface area contributed by atoms with Gasteiger partial charge in [-0.1, -0.05) is 25.7 Å². The highest BCUT2D eigenvalue weighted by atomic mass is 35.5. The Hall–Kier alpha value is -2.92. The van der Waals surface area contributed by atoms with Crippen LogP contribution in [-0.4, -0.2) is 77.4 Å². The molecule has 4 rings (SSSR count). The van der Waals surface area contributed by atoms with E-state index < -0.39 is 94.7 Å². The predicted molar refractivity (Wildman–Crippen MR) is 138 cm³/mol. The third-order valence-corrected chi connectivity index (χ3v) is 9.23. The van der Waals surface area contributed by atoms with E-state index >= 15 is 0 Å². The molecule has 3 saturated heterocycles. The highest BCUT2D eigenvalue weighted by Crippen LogP contribution is 2.61. The van der Waals surface area contributed by atoms with Gasteiger partial charge in [-0.05, 0) is 25.3 Å². The Morgan fingerprint density at radius 3 is 2.02 bits per heavy atom. The molecule has 11 atom stereocenters.